The van der Waals surface area contributed by atoms with Gasteiger partial charge in [-0.15, -0.1) is 0 Å². The molecule has 1 aliphatic heterocycles. The summed E-state index contributed by atoms with van der Waals surface area (Å²) in [6.45, 7) is 3.24. The Morgan fingerprint density at radius 1 is 1.74 bits per heavy atom. The van der Waals surface area contributed by atoms with Gasteiger partial charge in [0.1, 0.15) is 5.02 Å². The quantitative estimate of drug-likeness (QED) is 0.876. The smallest absolute Gasteiger partial charge is 0.407 e. The number of hydrogen-bond donors (Lipinski definition) is 2. The Bertz CT molecular complexity index is 471. The molecular formula is C11H15ClN4O3. The molecular weight excluding hydrogens is 272 g/mol. The number of carboxylic acid groups (broad SMARTS) is 1. The normalized spacial score (nSPS) is 18.4. The predicted octanol–water partition coefficient (Wildman–Crippen LogP) is 1.69. The lowest BCUT2D eigenvalue weighted by molar-refractivity contribution is 0.155. The summed E-state index contributed by atoms with van der Waals surface area (Å²) in [6, 6.07) is 0.00625. The first-order valence-electron chi connectivity index (χ1n) is 6.00. The van der Waals surface area contributed by atoms with E-state index >= 15 is 0 Å². The number of ether oxygens (including phenoxy) is 1. The van der Waals surface area contributed by atoms with Crippen molar-refractivity contribution in [2.75, 3.05) is 25.0 Å². The highest BCUT2D eigenvalue weighted by molar-refractivity contribution is 6.31. The van der Waals surface area contributed by atoms with Gasteiger partial charge in [-0.2, -0.15) is 4.98 Å². The second kappa shape index (κ2) is 5.92. The van der Waals surface area contributed by atoms with Gasteiger partial charge in [0.2, 0.25) is 11.8 Å². The molecule has 1 saturated heterocycles. The molecule has 1 aliphatic rings. The highest BCUT2D eigenvalue weighted by atomic mass is 35.5. The van der Waals surface area contributed by atoms with Crippen LogP contribution in [0.4, 0.5) is 10.7 Å². The van der Waals surface area contributed by atoms with Crippen molar-refractivity contribution in [3.8, 4) is 5.88 Å². The zero-order valence-corrected chi connectivity index (χ0v) is 11.2. The van der Waals surface area contributed by atoms with Gasteiger partial charge in [-0.3, -0.25) is 0 Å². The first-order valence-corrected chi connectivity index (χ1v) is 6.37. The molecule has 0 bridgehead atoms. The summed E-state index contributed by atoms with van der Waals surface area (Å²) in [5.74, 6) is 0.722. The SMILES string of the molecule is CCOc1nc(NC2CCN(C(=O)O)C2)ncc1Cl. The summed E-state index contributed by atoms with van der Waals surface area (Å²) in [4.78, 5) is 20.4. The monoisotopic (exact) mass is 286 g/mol. The van der Waals surface area contributed by atoms with Gasteiger partial charge < -0.3 is 20.1 Å². The zero-order valence-electron chi connectivity index (χ0n) is 10.5. The van der Waals surface area contributed by atoms with Crippen LogP contribution in [0.1, 0.15) is 13.3 Å². The molecule has 1 unspecified atom stereocenters. The number of carbonyl (C=O) groups is 1. The minimum Gasteiger partial charge on any atom is -0.477 e. The largest absolute Gasteiger partial charge is 0.477 e. The number of halogens is 1. The first kappa shape index (κ1) is 13.7. The predicted molar refractivity (Wildman–Crippen MR) is 69.8 cm³/mol. The lowest BCUT2D eigenvalue weighted by atomic mass is 10.3. The fraction of sp³-hybridized carbons (Fsp3) is 0.545. The molecule has 104 valence electrons. The van der Waals surface area contributed by atoms with Crippen LogP contribution < -0.4 is 10.1 Å². The van der Waals surface area contributed by atoms with Crippen LogP contribution in [0.3, 0.4) is 0 Å². The number of nitrogens with zero attached hydrogens (tertiary/aromatic N) is 3. The Morgan fingerprint density at radius 2 is 2.53 bits per heavy atom. The van der Waals surface area contributed by atoms with Crippen LogP contribution in [0, 0.1) is 0 Å². The third-order valence-corrected chi connectivity index (χ3v) is 3.04. The number of nitrogens with one attached hydrogen (secondary N) is 1. The van der Waals surface area contributed by atoms with Crippen LogP contribution in [0.5, 0.6) is 5.88 Å². The van der Waals surface area contributed by atoms with Crippen LogP contribution in [-0.2, 0) is 0 Å². The number of anilines is 1. The van der Waals surface area contributed by atoms with Gasteiger partial charge in [-0.1, -0.05) is 11.6 Å². The molecule has 7 nitrogen and oxygen atoms in total. The summed E-state index contributed by atoms with van der Waals surface area (Å²) < 4.78 is 5.27. The topological polar surface area (TPSA) is 87.6 Å². The Balaban J connectivity index is 2.00. The van der Waals surface area contributed by atoms with Crippen LogP contribution in [0.25, 0.3) is 0 Å². The second-order valence-electron chi connectivity index (χ2n) is 4.14. The standard InChI is InChI=1S/C11H15ClN4O3/c1-2-19-9-8(12)5-13-10(15-9)14-7-3-4-16(6-7)11(17)18/h5,7H,2-4,6H2,1H3,(H,17,18)(H,13,14,15). The van der Waals surface area contributed by atoms with Crippen molar-refractivity contribution in [3.63, 3.8) is 0 Å². The number of likely N-dealkylation sites (tertiary alicyclic amines) is 1. The second-order valence-corrected chi connectivity index (χ2v) is 4.55. The lowest BCUT2D eigenvalue weighted by Crippen LogP contribution is -2.30. The average Bonchev–Trinajstić information content (AvgIpc) is 2.82. The third kappa shape index (κ3) is 3.37. The molecule has 1 atom stereocenters. The van der Waals surface area contributed by atoms with Crippen molar-refractivity contribution >= 4 is 23.6 Å². The van der Waals surface area contributed by atoms with Gasteiger partial charge in [-0.05, 0) is 13.3 Å². The molecule has 0 aliphatic carbocycles. The number of amides is 1. The summed E-state index contributed by atoms with van der Waals surface area (Å²) in [6.07, 6.45) is 1.28. The molecule has 1 amide bonds. The summed E-state index contributed by atoms with van der Waals surface area (Å²) in [5, 5.41) is 12.3. The van der Waals surface area contributed by atoms with Crippen molar-refractivity contribution in [2.24, 2.45) is 0 Å². The molecule has 19 heavy (non-hydrogen) atoms. The molecule has 0 saturated carbocycles. The van der Waals surface area contributed by atoms with Crippen molar-refractivity contribution in [3.05, 3.63) is 11.2 Å². The van der Waals surface area contributed by atoms with Gasteiger partial charge in [0, 0.05) is 19.1 Å². The number of aromatic nitrogens is 2. The Hall–Kier alpha value is -1.76. The van der Waals surface area contributed by atoms with E-state index in [0.29, 0.717) is 36.5 Å². The van der Waals surface area contributed by atoms with Gasteiger partial charge in [0.15, 0.2) is 0 Å². The van der Waals surface area contributed by atoms with Crippen molar-refractivity contribution in [1.82, 2.24) is 14.9 Å². The highest BCUT2D eigenvalue weighted by Crippen LogP contribution is 2.22. The van der Waals surface area contributed by atoms with E-state index in [1.165, 1.54) is 11.1 Å². The molecule has 8 heteroatoms. The van der Waals surface area contributed by atoms with Crippen LogP contribution >= 0.6 is 11.6 Å². The van der Waals surface area contributed by atoms with E-state index in [9.17, 15) is 4.79 Å². The third-order valence-electron chi connectivity index (χ3n) is 2.78. The van der Waals surface area contributed by atoms with E-state index in [1.807, 2.05) is 6.92 Å². The van der Waals surface area contributed by atoms with Crippen molar-refractivity contribution < 1.29 is 14.6 Å². The molecule has 0 radical (unpaired) electrons. The molecule has 1 fully saturated rings. The minimum atomic E-state index is -0.906. The Labute approximate surface area is 115 Å². The molecule has 1 aromatic rings. The maximum absolute atomic E-state index is 10.8. The van der Waals surface area contributed by atoms with E-state index < -0.39 is 6.09 Å². The van der Waals surface area contributed by atoms with Gasteiger partial charge in [0.05, 0.1) is 12.8 Å². The van der Waals surface area contributed by atoms with Crippen LogP contribution in [0.2, 0.25) is 5.02 Å². The van der Waals surface area contributed by atoms with Crippen LogP contribution in [0.15, 0.2) is 6.20 Å². The van der Waals surface area contributed by atoms with E-state index in [0.717, 1.165) is 6.42 Å². The summed E-state index contributed by atoms with van der Waals surface area (Å²) >= 11 is 5.89. The summed E-state index contributed by atoms with van der Waals surface area (Å²) in [5.41, 5.74) is 0. The molecule has 2 N–H and O–H groups in total. The Morgan fingerprint density at radius 3 is 3.16 bits per heavy atom. The number of rotatable bonds is 4. The summed E-state index contributed by atoms with van der Waals surface area (Å²) in [7, 11) is 0. The van der Waals surface area contributed by atoms with E-state index in [-0.39, 0.29) is 6.04 Å². The van der Waals surface area contributed by atoms with Crippen molar-refractivity contribution in [1.29, 1.82) is 0 Å². The lowest BCUT2D eigenvalue weighted by Gasteiger charge is -2.14. The maximum atomic E-state index is 10.8. The minimum absolute atomic E-state index is 0.00625. The Kier molecular flexibility index (Phi) is 4.26. The van der Waals surface area contributed by atoms with E-state index in [1.54, 1.807) is 0 Å². The zero-order chi connectivity index (χ0) is 13.8. The molecule has 2 heterocycles. The van der Waals surface area contributed by atoms with E-state index in [4.69, 9.17) is 21.4 Å². The van der Waals surface area contributed by atoms with E-state index in [2.05, 4.69) is 15.3 Å². The molecule has 2 rings (SSSR count). The molecule has 1 aromatic heterocycles. The molecule has 0 aromatic carbocycles. The fourth-order valence-electron chi connectivity index (χ4n) is 1.89. The first-order chi connectivity index (χ1) is 9.10. The number of hydrogen-bond acceptors (Lipinski definition) is 5. The molecule has 0 spiro atoms. The van der Waals surface area contributed by atoms with Crippen molar-refractivity contribution in [2.45, 2.75) is 19.4 Å². The van der Waals surface area contributed by atoms with Crippen LogP contribution in [-0.4, -0.2) is 51.8 Å². The highest BCUT2D eigenvalue weighted by Gasteiger charge is 2.26. The van der Waals surface area contributed by atoms with Gasteiger partial charge in [-0.25, -0.2) is 9.78 Å². The van der Waals surface area contributed by atoms with Gasteiger partial charge >= 0.3 is 6.09 Å². The average molecular weight is 287 g/mol. The maximum Gasteiger partial charge on any atom is 0.407 e. The fourth-order valence-corrected chi connectivity index (χ4v) is 2.04. The van der Waals surface area contributed by atoms with Gasteiger partial charge in [0.25, 0.3) is 0 Å².